The lowest BCUT2D eigenvalue weighted by Gasteiger charge is -2.18. The Hall–Kier alpha value is -3.19. The minimum absolute atomic E-state index is 0.113. The van der Waals surface area contributed by atoms with Gasteiger partial charge in [0.25, 0.3) is 11.8 Å². The Balaban J connectivity index is 1.45. The summed E-state index contributed by atoms with van der Waals surface area (Å²) in [5, 5.41) is 3.18. The van der Waals surface area contributed by atoms with Crippen LogP contribution in [0.2, 0.25) is 5.02 Å². The van der Waals surface area contributed by atoms with Gasteiger partial charge in [-0.15, -0.1) is 0 Å². The highest BCUT2D eigenvalue weighted by Crippen LogP contribution is 2.22. The minimum atomic E-state index is -0.344. The first-order valence-electron chi connectivity index (χ1n) is 9.11. The van der Waals surface area contributed by atoms with Crippen LogP contribution in [0.4, 0.5) is 5.69 Å². The molecule has 2 aromatic carbocycles. The zero-order chi connectivity index (χ0) is 21.0. The van der Waals surface area contributed by atoms with E-state index in [0.717, 1.165) is 4.90 Å². The van der Waals surface area contributed by atoms with E-state index in [1.54, 1.807) is 48.5 Å². The molecule has 3 rings (SSSR count). The molecule has 1 N–H and O–H groups in total. The maximum absolute atomic E-state index is 12.3. The van der Waals surface area contributed by atoms with E-state index in [4.69, 9.17) is 11.6 Å². The molecule has 0 aliphatic carbocycles. The summed E-state index contributed by atoms with van der Waals surface area (Å²) in [7, 11) is 1.53. The highest BCUT2D eigenvalue weighted by Gasteiger charge is 2.34. The Bertz CT molecular complexity index is 941. The van der Waals surface area contributed by atoms with Crippen LogP contribution < -0.4 is 5.32 Å². The van der Waals surface area contributed by atoms with Gasteiger partial charge in [0.2, 0.25) is 11.8 Å². The van der Waals surface area contributed by atoms with Gasteiger partial charge in [-0.1, -0.05) is 29.8 Å². The number of carbonyl (C=O) groups is 4. The van der Waals surface area contributed by atoms with Crippen LogP contribution in [0.15, 0.2) is 48.5 Å². The fourth-order valence-corrected chi connectivity index (χ4v) is 3.28. The van der Waals surface area contributed by atoms with Crippen molar-refractivity contribution in [2.75, 3.05) is 25.5 Å². The second-order valence-electron chi connectivity index (χ2n) is 6.72. The highest BCUT2D eigenvalue weighted by atomic mass is 35.5. The van der Waals surface area contributed by atoms with Gasteiger partial charge >= 0.3 is 0 Å². The van der Waals surface area contributed by atoms with Gasteiger partial charge in [-0.3, -0.25) is 24.1 Å². The van der Waals surface area contributed by atoms with Crippen molar-refractivity contribution in [2.45, 2.75) is 12.8 Å². The topological polar surface area (TPSA) is 86.8 Å². The molecule has 0 saturated carbocycles. The van der Waals surface area contributed by atoms with Gasteiger partial charge in [-0.2, -0.15) is 0 Å². The number of amides is 4. The summed E-state index contributed by atoms with van der Waals surface area (Å²) in [5.41, 5.74) is 1.33. The van der Waals surface area contributed by atoms with E-state index < -0.39 is 0 Å². The van der Waals surface area contributed by atoms with Crippen molar-refractivity contribution < 1.29 is 19.2 Å². The molecule has 4 amide bonds. The summed E-state index contributed by atoms with van der Waals surface area (Å²) in [5.74, 6) is -1.27. The number of hydrogen-bond acceptors (Lipinski definition) is 4. The molecule has 29 heavy (non-hydrogen) atoms. The van der Waals surface area contributed by atoms with Crippen LogP contribution in [0, 0.1) is 0 Å². The van der Waals surface area contributed by atoms with Gasteiger partial charge < -0.3 is 10.2 Å². The number of fused-ring (bicyclic) bond motifs is 1. The fraction of sp³-hybridized carbons (Fsp3) is 0.238. The quantitative estimate of drug-likeness (QED) is 0.707. The molecule has 0 radical (unpaired) electrons. The third kappa shape index (κ3) is 4.81. The fourth-order valence-electron chi connectivity index (χ4n) is 3.09. The Kier molecular flexibility index (Phi) is 6.29. The molecule has 150 valence electrons. The zero-order valence-electron chi connectivity index (χ0n) is 15.9. The molecule has 0 fully saturated rings. The van der Waals surface area contributed by atoms with Crippen LogP contribution in [-0.2, 0) is 9.59 Å². The second kappa shape index (κ2) is 8.87. The first-order chi connectivity index (χ1) is 13.9. The van der Waals surface area contributed by atoms with E-state index in [9.17, 15) is 19.2 Å². The Labute approximate surface area is 173 Å². The summed E-state index contributed by atoms with van der Waals surface area (Å²) in [6.07, 6.45) is 0.443. The van der Waals surface area contributed by atoms with Crippen molar-refractivity contribution in [3.05, 3.63) is 64.7 Å². The van der Waals surface area contributed by atoms with E-state index in [1.165, 1.54) is 11.9 Å². The summed E-state index contributed by atoms with van der Waals surface area (Å²) in [4.78, 5) is 51.4. The molecule has 0 aromatic heterocycles. The average Bonchev–Trinajstić information content (AvgIpc) is 2.93. The largest absolute Gasteiger partial charge is 0.336 e. The van der Waals surface area contributed by atoms with Gasteiger partial charge in [0.05, 0.1) is 17.7 Å². The van der Waals surface area contributed by atoms with E-state index in [-0.39, 0.29) is 43.1 Å². The summed E-state index contributed by atoms with van der Waals surface area (Å²) < 4.78 is 0. The van der Waals surface area contributed by atoms with Gasteiger partial charge in [-0.05, 0) is 36.8 Å². The van der Waals surface area contributed by atoms with Crippen molar-refractivity contribution >= 4 is 40.9 Å². The average molecular weight is 414 g/mol. The molecule has 0 saturated heterocycles. The lowest BCUT2D eigenvalue weighted by Crippen LogP contribution is -2.36. The van der Waals surface area contributed by atoms with Crippen molar-refractivity contribution in [3.8, 4) is 0 Å². The summed E-state index contributed by atoms with van der Waals surface area (Å²) in [6, 6.07) is 13.4. The van der Waals surface area contributed by atoms with E-state index in [2.05, 4.69) is 5.32 Å². The number of rotatable bonds is 7. The third-order valence-corrected chi connectivity index (χ3v) is 4.80. The molecule has 1 aliphatic heterocycles. The number of likely N-dealkylation sites (N-methyl/N-ethyl adjacent to an activating group) is 1. The molecule has 1 heterocycles. The Morgan fingerprint density at radius 1 is 1.03 bits per heavy atom. The molecular formula is C21H20ClN3O4. The first kappa shape index (κ1) is 20.5. The Morgan fingerprint density at radius 2 is 1.69 bits per heavy atom. The first-order valence-corrected chi connectivity index (χ1v) is 9.49. The predicted molar refractivity (Wildman–Crippen MR) is 109 cm³/mol. The summed E-state index contributed by atoms with van der Waals surface area (Å²) >= 11 is 5.88. The number of halogens is 1. The van der Waals surface area contributed by atoms with Crippen molar-refractivity contribution in [2.24, 2.45) is 0 Å². The lowest BCUT2D eigenvalue weighted by molar-refractivity contribution is -0.133. The molecule has 8 heteroatoms. The monoisotopic (exact) mass is 413 g/mol. The number of benzene rings is 2. The van der Waals surface area contributed by atoms with E-state index >= 15 is 0 Å². The van der Waals surface area contributed by atoms with Crippen molar-refractivity contribution in [1.29, 1.82) is 0 Å². The predicted octanol–water partition coefficient (Wildman–Crippen LogP) is 2.81. The van der Waals surface area contributed by atoms with Crippen molar-refractivity contribution in [1.82, 2.24) is 9.80 Å². The van der Waals surface area contributed by atoms with Gasteiger partial charge in [0.1, 0.15) is 0 Å². The molecule has 0 spiro atoms. The Morgan fingerprint density at radius 3 is 2.31 bits per heavy atom. The second-order valence-corrected chi connectivity index (χ2v) is 7.16. The van der Waals surface area contributed by atoms with Crippen LogP contribution in [-0.4, -0.2) is 53.6 Å². The van der Waals surface area contributed by atoms with Crippen LogP contribution in [0.5, 0.6) is 0 Å². The van der Waals surface area contributed by atoms with E-state index in [1.807, 2.05) is 0 Å². The number of imide groups is 1. The van der Waals surface area contributed by atoms with Crippen LogP contribution in [0.1, 0.15) is 33.6 Å². The normalized spacial score (nSPS) is 12.7. The van der Waals surface area contributed by atoms with Crippen molar-refractivity contribution in [3.63, 3.8) is 0 Å². The number of nitrogens with zero attached hydrogens (tertiary/aromatic N) is 2. The van der Waals surface area contributed by atoms with Crippen LogP contribution in [0.25, 0.3) is 0 Å². The minimum Gasteiger partial charge on any atom is -0.336 e. The maximum Gasteiger partial charge on any atom is 0.261 e. The zero-order valence-corrected chi connectivity index (χ0v) is 16.6. The molecule has 2 aromatic rings. The number of nitrogens with one attached hydrogen (secondary N) is 1. The van der Waals surface area contributed by atoms with Crippen LogP contribution >= 0.6 is 11.6 Å². The molecule has 7 nitrogen and oxygen atoms in total. The standard InChI is InChI=1S/C21H20ClN3O4/c1-24(13-18(26)23-15-7-4-6-14(22)12-15)19(27)10-5-11-25-20(28)16-8-2-3-9-17(16)21(25)29/h2-4,6-9,12H,5,10-11,13H2,1H3,(H,23,26). The number of carbonyl (C=O) groups excluding carboxylic acids is 4. The highest BCUT2D eigenvalue weighted by molar-refractivity contribution is 6.30. The molecule has 0 atom stereocenters. The number of hydrogen-bond donors (Lipinski definition) is 1. The third-order valence-electron chi connectivity index (χ3n) is 4.57. The number of anilines is 1. The SMILES string of the molecule is CN(CC(=O)Nc1cccc(Cl)c1)C(=O)CCCN1C(=O)c2ccccc2C1=O. The molecular weight excluding hydrogens is 394 g/mol. The van der Waals surface area contributed by atoms with E-state index in [0.29, 0.717) is 28.3 Å². The molecule has 0 unspecified atom stereocenters. The van der Waals surface area contributed by atoms with Gasteiger partial charge in [-0.25, -0.2) is 0 Å². The summed E-state index contributed by atoms with van der Waals surface area (Å²) in [6.45, 7) is 0.0407. The van der Waals surface area contributed by atoms with Crippen LogP contribution in [0.3, 0.4) is 0 Å². The lowest BCUT2D eigenvalue weighted by atomic mass is 10.1. The van der Waals surface area contributed by atoms with Gasteiger partial charge in [0, 0.05) is 30.7 Å². The van der Waals surface area contributed by atoms with Gasteiger partial charge in [0.15, 0.2) is 0 Å². The molecule has 1 aliphatic rings. The maximum atomic E-state index is 12.3. The smallest absolute Gasteiger partial charge is 0.261 e. The molecule has 0 bridgehead atoms.